The number of ether oxygens (including phenoxy) is 3. The molecule has 9 nitrogen and oxygen atoms in total. The van der Waals surface area contributed by atoms with Crippen molar-refractivity contribution in [2.45, 2.75) is 24.3 Å². The summed E-state index contributed by atoms with van der Waals surface area (Å²) in [6.07, 6.45) is 2.52. The smallest absolute Gasteiger partial charge is 0.243 e. The van der Waals surface area contributed by atoms with Gasteiger partial charge in [-0.15, -0.1) is 0 Å². The van der Waals surface area contributed by atoms with Crippen molar-refractivity contribution in [3.63, 3.8) is 0 Å². The predicted molar refractivity (Wildman–Crippen MR) is 157 cm³/mol. The van der Waals surface area contributed by atoms with Gasteiger partial charge in [-0.2, -0.15) is 4.31 Å². The van der Waals surface area contributed by atoms with Crippen LogP contribution >= 0.6 is 0 Å². The van der Waals surface area contributed by atoms with Gasteiger partial charge in [-0.3, -0.25) is 4.79 Å². The first-order valence-corrected chi connectivity index (χ1v) is 14.8. The lowest BCUT2D eigenvalue weighted by atomic mass is 10.1. The van der Waals surface area contributed by atoms with E-state index in [1.165, 1.54) is 4.31 Å². The standard InChI is InChI=1S/C31H36N2O7S/c1-37-18-7-16-33(41(35,36)28-13-12-25-8-4-5-9-26(25)21-28)23-31(34)32(22-27-10-6-19-40-27)17-15-24-11-14-29(38-2)30(20-24)39-3/h4-6,8-14,19-21H,7,15-18,22-23H2,1-3H3. The van der Waals surface area contributed by atoms with Gasteiger partial charge in [-0.05, 0) is 65.6 Å². The summed E-state index contributed by atoms with van der Waals surface area (Å²) in [5.74, 6) is 1.49. The third-order valence-electron chi connectivity index (χ3n) is 6.82. The minimum atomic E-state index is -3.97. The van der Waals surface area contributed by atoms with Crippen LogP contribution in [-0.4, -0.2) is 71.1 Å². The monoisotopic (exact) mass is 580 g/mol. The number of amides is 1. The second kappa shape index (κ2) is 14.2. The van der Waals surface area contributed by atoms with Crippen molar-refractivity contribution < 1.29 is 31.8 Å². The minimum absolute atomic E-state index is 0.138. The number of hydrogen-bond donors (Lipinski definition) is 0. The fraction of sp³-hybridized carbons (Fsp3) is 0.323. The highest BCUT2D eigenvalue weighted by Crippen LogP contribution is 2.28. The van der Waals surface area contributed by atoms with Crippen LogP contribution in [0, 0.1) is 0 Å². The van der Waals surface area contributed by atoms with Crippen LogP contribution in [0.5, 0.6) is 11.5 Å². The van der Waals surface area contributed by atoms with Crippen LogP contribution in [0.25, 0.3) is 10.8 Å². The van der Waals surface area contributed by atoms with Crippen molar-refractivity contribution in [3.8, 4) is 11.5 Å². The van der Waals surface area contributed by atoms with Crippen LogP contribution in [-0.2, 0) is 32.5 Å². The molecule has 218 valence electrons. The zero-order valence-corrected chi connectivity index (χ0v) is 24.4. The molecule has 1 aromatic heterocycles. The van der Waals surface area contributed by atoms with Gasteiger partial charge in [-0.1, -0.05) is 36.4 Å². The quantitative estimate of drug-likeness (QED) is 0.187. The second-order valence-corrected chi connectivity index (χ2v) is 11.5. The average Bonchev–Trinajstić information content (AvgIpc) is 3.51. The zero-order valence-electron chi connectivity index (χ0n) is 23.6. The largest absolute Gasteiger partial charge is 0.493 e. The van der Waals surface area contributed by atoms with Crippen molar-refractivity contribution in [2.75, 3.05) is 47.6 Å². The van der Waals surface area contributed by atoms with Gasteiger partial charge in [0, 0.05) is 26.8 Å². The first-order chi connectivity index (χ1) is 19.8. The summed E-state index contributed by atoms with van der Waals surface area (Å²) >= 11 is 0. The Bertz CT molecular complexity index is 1540. The number of carbonyl (C=O) groups excluding carboxylic acids is 1. The molecule has 0 unspecified atom stereocenters. The Hall–Kier alpha value is -3.86. The molecule has 0 aliphatic rings. The molecule has 1 amide bonds. The van der Waals surface area contributed by atoms with Crippen molar-refractivity contribution in [1.29, 1.82) is 0 Å². The molecule has 0 fully saturated rings. The molecule has 0 N–H and O–H groups in total. The summed E-state index contributed by atoms with van der Waals surface area (Å²) in [7, 11) is 0.738. The Morgan fingerprint density at radius 1 is 0.854 bits per heavy atom. The van der Waals surface area contributed by atoms with E-state index in [1.54, 1.807) is 62.8 Å². The number of carbonyl (C=O) groups is 1. The molecule has 41 heavy (non-hydrogen) atoms. The van der Waals surface area contributed by atoms with Gasteiger partial charge in [0.25, 0.3) is 0 Å². The van der Waals surface area contributed by atoms with Crippen LogP contribution in [0.2, 0.25) is 0 Å². The Morgan fingerprint density at radius 2 is 1.63 bits per heavy atom. The maximum atomic E-state index is 13.8. The number of nitrogens with zero attached hydrogens (tertiary/aromatic N) is 2. The molecule has 0 spiro atoms. The molecular formula is C31H36N2O7S. The second-order valence-electron chi connectivity index (χ2n) is 9.53. The lowest BCUT2D eigenvalue weighted by Gasteiger charge is -2.27. The molecule has 10 heteroatoms. The predicted octanol–water partition coefficient (Wildman–Crippen LogP) is 4.75. The molecule has 4 aromatic rings. The normalized spacial score (nSPS) is 11.6. The molecule has 4 rings (SSSR count). The summed E-state index contributed by atoms with van der Waals surface area (Å²) in [4.78, 5) is 15.5. The van der Waals surface area contributed by atoms with E-state index in [0.29, 0.717) is 43.3 Å². The van der Waals surface area contributed by atoms with Gasteiger partial charge in [0.15, 0.2) is 11.5 Å². The van der Waals surface area contributed by atoms with Crippen LogP contribution in [0.15, 0.2) is 88.4 Å². The van der Waals surface area contributed by atoms with Crippen LogP contribution < -0.4 is 9.47 Å². The van der Waals surface area contributed by atoms with E-state index in [9.17, 15) is 13.2 Å². The van der Waals surface area contributed by atoms with E-state index in [-0.39, 0.29) is 30.4 Å². The minimum Gasteiger partial charge on any atom is -0.493 e. The molecular weight excluding hydrogens is 544 g/mol. The Kier molecular flexibility index (Phi) is 10.4. The van der Waals surface area contributed by atoms with Crippen molar-refractivity contribution in [2.24, 2.45) is 0 Å². The van der Waals surface area contributed by atoms with E-state index >= 15 is 0 Å². The number of rotatable bonds is 15. The number of methoxy groups -OCH3 is 3. The summed E-state index contributed by atoms with van der Waals surface area (Å²) in [6.45, 7) is 0.746. The molecule has 0 saturated carbocycles. The van der Waals surface area contributed by atoms with Crippen LogP contribution in [0.4, 0.5) is 0 Å². The van der Waals surface area contributed by atoms with Gasteiger partial charge < -0.3 is 23.5 Å². The number of furan rings is 1. The highest BCUT2D eigenvalue weighted by molar-refractivity contribution is 7.89. The molecule has 0 aliphatic carbocycles. The SMILES string of the molecule is COCCCN(CC(=O)N(CCc1ccc(OC)c(OC)c1)Cc1ccco1)S(=O)(=O)c1ccc2ccccc2c1. The zero-order chi connectivity index (χ0) is 29.2. The molecule has 0 radical (unpaired) electrons. The fourth-order valence-electron chi connectivity index (χ4n) is 4.58. The average molecular weight is 581 g/mol. The molecule has 0 bridgehead atoms. The summed E-state index contributed by atoms with van der Waals surface area (Å²) in [5.41, 5.74) is 0.945. The van der Waals surface area contributed by atoms with E-state index in [4.69, 9.17) is 18.6 Å². The van der Waals surface area contributed by atoms with Gasteiger partial charge in [0.2, 0.25) is 15.9 Å². The van der Waals surface area contributed by atoms with Gasteiger partial charge in [0.05, 0.1) is 38.5 Å². The van der Waals surface area contributed by atoms with E-state index in [0.717, 1.165) is 16.3 Å². The number of fused-ring (bicyclic) bond motifs is 1. The topological polar surface area (TPSA) is 98.5 Å². The highest BCUT2D eigenvalue weighted by atomic mass is 32.2. The molecule has 3 aromatic carbocycles. The maximum Gasteiger partial charge on any atom is 0.243 e. The number of sulfonamides is 1. The molecule has 0 aliphatic heterocycles. The molecule has 0 saturated heterocycles. The lowest BCUT2D eigenvalue weighted by Crippen LogP contribution is -2.43. The van der Waals surface area contributed by atoms with Crippen molar-refractivity contribution >= 4 is 26.7 Å². The number of hydrogen-bond acceptors (Lipinski definition) is 7. The Labute approximate surface area is 241 Å². The third-order valence-corrected chi connectivity index (χ3v) is 8.67. The van der Waals surface area contributed by atoms with Crippen molar-refractivity contribution in [1.82, 2.24) is 9.21 Å². The van der Waals surface area contributed by atoms with Gasteiger partial charge in [0.1, 0.15) is 5.76 Å². The summed E-state index contributed by atoms with van der Waals surface area (Å²) < 4.78 is 50.3. The Morgan fingerprint density at radius 3 is 2.34 bits per heavy atom. The highest BCUT2D eigenvalue weighted by Gasteiger charge is 2.29. The van der Waals surface area contributed by atoms with Gasteiger partial charge >= 0.3 is 0 Å². The first-order valence-electron chi connectivity index (χ1n) is 13.3. The summed E-state index contributed by atoms with van der Waals surface area (Å²) in [5, 5.41) is 1.75. The molecule has 0 atom stereocenters. The Balaban J connectivity index is 1.57. The van der Waals surface area contributed by atoms with Crippen molar-refractivity contribution in [3.05, 3.63) is 90.4 Å². The van der Waals surface area contributed by atoms with Gasteiger partial charge in [-0.25, -0.2) is 8.42 Å². The van der Waals surface area contributed by atoms with Crippen LogP contribution in [0.1, 0.15) is 17.7 Å². The summed E-state index contributed by atoms with van der Waals surface area (Å²) in [6, 6.07) is 21.7. The van der Waals surface area contributed by atoms with E-state index < -0.39 is 10.0 Å². The number of benzene rings is 3. The molecule has 1 heterocycles. The van der Waals surface area contributed by atoms with E-state index in [2.05, 4.69) is 0 Å². The first kappa shape index (κ1) is 30.1. The maximum absolute atomic E-state index is 13.8. The fourth-order valence-corrected chi connectivity index (χ4v) is 6.04. The van der Waals surface area contributed by atoms with Crippen LogP contribution in [0.3, 0.4) is 0 Å². The lowest BCUT2D eigenvalue weighted by molar-refractivity contribution is -0.132. The third kappa shape index (κ3) is 7.66. The van der Waals surface area contributed by atoms with E-state index in [1.807, 2.05) is 42.5 Å².